The van der Waals surface area contributed by atoms with Crippen molar-refractivity contribution in [1.82, 2.24) is 20.0 Å². The Hall–Kier alpha value is -2.85. The second kappa shape index (κ2) is 10.2. The zero-order chi connectivity index (χ0) is 22.5. The van der Waals surface area contributed by atoms with Crippen molar-refractivity contribution in [3.63, 3.8) is 0 Å². The Morgan fingerprint density at radius 2 is 1.66 bits per heavy atom. The minimum Gasteiger partial charge on any atom is -0.378 e. The third kappa shape index (κ3) is 5.49. The van der Waals surface area contributed by atoms with Crippen LogP contribution in [-0.2, 0) is 9.53 Å². The van der Waals surface area contributed by atoms with Crippen LogP contribution in [0.2, 0.25) is 0 Å². The number of nitrogens with one attached hydrogen (secondary N) is 1. The number of benzene rings is 1. The number of ether oxygens (including phenoxy) is 1. The van der Waals surface area contributed by atoms with E-state index in [1.807, 2.05) is 36.1 Å². The van der Waals surface area contributed by atoms with Gasteiger partial charge in [-0.25, -0.2) is 0 Å². The van der Waals surface area contributed by atoms with E-state index in [9.17, 15) is 14.4 Å². The Morgan fingerprint density at radius 1 is 1.00 bits per heavy atom. The summed E-state index contributed by atoms with van der Waals surface area (Å²) in [4.78, 5) is 41.3. The van der Waals surface area contributed by atoms with Crippen molar-refractivity contribution in [2.24, 2.45) is 5.92 Å². The van der Waals surface area contributed by atoms with E-state index < -0.39 is 0 Å². The van der Waals surface area contributed by atoms with Gasteiger partial charge in [0.15, 0.2) is 0 Å². The fourth-order valence-corrected chi connectivity index (χ4v) is 4.59. The molecule has 2 saturated heterocycles. The van der Waals surface area contributed by atoms with Crippen LogP contribution in [0.1, 0.15) is 44.4 Å². The third-order valence-corrected chi connectivity index (χ3v) is 6.75. The molecule has 32 heavy (non-hydrogen) atoms. The van der Waals surface area contributed by atoms with Crippen LogP contribution < -0.4 is 5.32 Å². The zero-order valence-corrected chi connectivity index (χ0v) is 18.9. The lowest BCUT2D eigenvalue weighted by Gasteiger charge is -2.33. The highest BCUT2D eigenvalue weighted by atomic mass is 32.1. The molecular formula is C22H27N5O4S. The second-order valence-corrected chi connectivity index (χ2v) is 9.14. The first kappa shape index (κ1) is 22.3. The lowest BCUT2D eigenvalue weighted by Crippen LogP contribution is -2.43. The molecule has 1 aromatic heterocycles. The van der Waals surface area contributed by atoms with E-state index in [2.05, 4.69) is 15.5 Å². The van der Waals surface area contributed by atoms with Crippen molar-refractivity contribution in [2.75, 3.05) is 44.7 Å². The van der Waals surface area contributed by atoms with Crippen molar-refractivity contribution in [3.8, 4) is 0 Å². The molecule has 0 spiro atoms. The first-order chi connectivity index (χ1) is 15.5. The monoisotopic (exact) mass is 457 g/mol. The largest absolute Gasteiger partial charge is 0.378 e. The summed E-state index contributed by atoms with van der Waals surface area (Å²) in [6, 6.07) is 7.44. The summed E-state index contributed by atoms with van der Waals surface area (Å²) in [6.45, 7) is 5.64. The SMILES string of the molecule is Cc1ccc(NC(=O)c2nnc(C(=O)N3CCC(CC(=O)N4CCOCC4)CC3)s2)cc1. The van der Waals surface area contributed by atoms with E-state index in [0.717, 1.165) is 29.7 Å². The summed E-state index contributed by atoms with van der Waals surface area (Å²) in [7, 11) is 0. The Balaban J connectivity index is 1.27. The van der Waals surface area contributed by atoms with Crippen LogP contribution in [0.4, 0.5) is 5.69 Å². The Kier molecular flexibility index (Phi) is 7.11. The minimum atomic E-state index is -0.384. The number of nitrogens with zero attached hydrogens (tertiary/aromatic N) is 4. The minimum absolute atomic E-state index is 0.153. The number of likely N-dealkylation sites (tertiary alicyclic amines) is 1. The van der Waals surface area contributed by atoms with Crippen LogP contribution in [0.25, 0.3) is 0 Å². The molecule has 0 radical (unpaired) electrons. The molecule has 1 N–H and O–H groups in total. The number of carbonyl (C=O) groups is 3. The predicted molar refractivity (Wildman–Crippen MR) is 120 cm³/mol. The maximum Gasteiger partial charge on any atom is 0.286 e. The molecule has 0 saturated carbocycles. The second-order valence-electron chi connectivity index (χ2n) is 8.17. The molecule has 1 aromatic carbocycles. The number of aromatic nitrogens is 2. The number of hydrogen-bond acceptors (Lipinski definition) is 7. The van der Waals surface area contributed by atoms with Crippen molar-refractivity contribution in [2.45, 2.75) is 26.2 Å². The highest BCUT2D eigenvalue weighted by Gasteiger charge is 2.29. The maximum absolute atomic E-state index is 12.8. The maximum atomic E-state index is 12.8. The predicted octanol–water partition coefficient (Wildman–Crippen LogP) is 2.20. The van der Waals surface area contributed by atoms with Gasteiger partial charge in [-0.3, -0.25) is 14.4 Å². The molecule has 9 nitrogen and oxygen atoms in total. The van der Waals surface area contributed by atoms with Crippen molar-refractivity contribution in [3.05, 3.63) is 39.8 Å². The highest BCUT2D eigenvalue weighted by molar-refractivity contribution is 7.15. The molecule has 2 aliphatic heterocycles. The van der Waals surface area contributed by atoms with E-state index in [4.69, 9.17) is 4.74 Å². The summed E-state index contributed by atoms with van der Waals surface area (Å²) in [6.07, 6.45) is 2.08. The van der Waals surface area contributed by atoms with E-state index in [-0.39, 0.29) is 33.7 Å². The number of rotatable bonds is 5. The quantitative estimate of drug-likeness (QED) is 0.738. The summed E-state index contributed by atoms with van der Waals surface area (Å²) in [5.74, 6) is -0.147. The van der Waals surface area contributed by atoms with Crippen molar-refractivity contribution >= 4 is 34.7 Å². The Labute approximate surface area is 190 Å². The normalized spacial score (nSPS) is 17.3. The average molecular weight is 458 g/mol. The van der Waals surface area contributed by atoms with Gasteiger partial charge >= 0.3 is 0 Å². The van der Waals surface area contributed by atoms with Crippen LogP contribution in [-0.4, -0.2) is 77.1 Å². The summed E-state index contributed by atoms with van der Waals surface area (Å²) >= 11 is 0.997. The van der Waals surface area contributed by atoms with E-state index in [1.165, 1.54) is 0 Å². The van der Waals surface area contributed by atoms with Crippen molar-refractivity contribution in [1.29, 1.82) is 0 Å². The number of morpholine rings is 1. The van der Waals surface area contributed by atoms with Gasteiger partial charge in [-0.1, -0.05) is 29.0 Å². The molecule has 0 atom stereocenters. The molecular weight excluding hydrogens is 430 g/mol. The lowest BCUT2D eigenvalue weighted by atomic mass is 9.93. The molecule has 3 amide bonds. The topological polar surface area (TPSA) is 105 Å². The van der Waals surface area contributed by atoms with Gasteiger partial charge in [0.05, 0.1) is 13.2 Å². The van der Waals surface area contributed by atoms with E-state index >= 15 is 0 Å². The van der Waals surface area contributed by atoms with Gasteiger partial charge in [-0.05, 0) is 37.8 Å². The highest BCUT2D eigenvalue weighted by Crippen LogP contribution is 2.24. The molecule has 0 bridgehead atoms. The number of anilines is 1. The zero-order valence-electron chi connectivity index (χ0n) is 18.1. The van der Waals surface area contributed by atoms with Gasteiger partial charge < -0.3 is 19.9 Å². The molecule has 3 heterocycles. The Morgan fingerprint density at radius 3 is 2.34 bits per heavy atom. The molecule has 2 aromatic rings. The molecule has 10 heteroatoms. The summed E-state index contributed by atoms with van der Waals surface area (Å²) in [5, 5.41) is 11.0. The third-order valence-electron chi connectivity index (χ3n) is 5.84. The summed E-state index contributed by atoms with van der Waals surface area (Å²) in [5.41, 5.74) is 1.76. The number of piperidine rings is 1. The van der Waals surface area contributed by atoms with Gasteiger partial charge in [0, 0.05) is 38.3 Å². The standard InChI is InChI=1S/C22H27N5O4S/c1-15-2-4-17(5-3-15)23-19(29)20-24-25-21(32-20)22(30)27-8-6-16(7-9-27)14-18(28)26-10-12-31-13-11-26/h2-5,16H,6-14H2,1H3,(H,23,29). The number of aryl methyl sites for hydroxylation is 1. The molecule has 4 rings (SSSR count). The van der Waals surface area contributed by atoms with Crippen LogP contribution in [0.3, 0.4) is 0 Å². The lowest BCUT2D eigenvalue weighted by molar-refractivity contribution is -0.136. The van der Waals surface area contributed by atoms with Crippen molar-refractivity contribution < 1.29 is 19.1 Å². The first-order valence-electron chi connectivity index (χ1n) is 10.9. The van der Waals surface area contributed by atoms with Gasteiger partial charge in [0.2, 0.25) is 15.9 Å². The number of carbonyl (C=O) groups excluding carboxylic acids is 3. The van der Waals surface area contributed by atoms with Crippen LogP contribution in [0.5, 0.6) is 0 Å². The number of amides is 3. The van der Waals surface area contributed by atoms with Gasteiger partial charge in [0.1, 0.15) is 0 Å². The molecule has 2 aliphatic rings. The van der Waals surface area contributed by atoms with Gasteiger partial charge in [-0.15, -0.1) is 10.2 Å². The molecule has 2 fully saturated rings. The average Bonchev–Trinajstić information content (AvgIpc) is 3.32. The Bertz CT molecular complexity index is 963. The van der Waals surface area contributed by atoms with Gasteiger partial charge in [-0.2, -0.15) is 0 Å². The fourth-order valence-electron chi connectivity index (χ4n) is 3.89. The number of hydrogen-bond donors (Lipinski definition) is 1. The fraction of sp³-hybridized carbons (Fsp3) is 0.500. The van der Waals surface area contributed by atoms with E-state index in [1.54, 1.807) is 4.90 Å². The molecule has 0 unspecified atom stereocenters. The molecule has 0 aliphatic carbocycles. The smallest absolute Gasteiger partial charge is 0.286 e. The van der Waals surface area contributed by atoms with Crippen LogP contribution in [0, 0.1) is 12.8 Å². The molecule has 170 valence electrons. The summed E-state index contributed by atoms with van der Waals surface area (Å²) < 4.78 is 5.30. The van der Waals surface area contributed by atoms with E-state index in [0.29, 0.717) is 51.5 Å². The van der Waals surface area contributed by atoms with Crippen LogP contribution in [0.15, 0.2) is 24.3 Å². The van der Waals surface area contributed by atoms with Gasteiger partial charge in [0.25, 0.3) is 11.8 Å². The first-order valence-corrected chi connectivity index (χ1v) is 11.7. The van der Waals surface area contributed by atoms with Crippen LogP contribution >= 0.6 is 11.3 Å².